The van der Waals surface area contributed by atoms with E-state index in [2.05, 4.69) is 15.3 Å². The van der Waals surface area contributed by atoms with Crippen molar-refractivity contribution in [2.75, 3.05) is 28.8 Å². The van der Waals surface area contributed by atoms with Crippen molar-refractivity contribution in [3.05, 3.63) is 52.5 Å². The minimum Gasteiger partial charge on any atom is -0.368 e. The molecule has 34 heavy (non-hydrogen) atoms. The van der Waals surface area contributed by atoms with E-state index in [1.54, 1.807) is 24.3 Å². The minimum absolute atomic E-state index is 0.0995. The fourth-order valence-electron chi connectivity index (χ4n) is 3.52. The molecule has 0 amide bonds. The van der Waals surface area contributed by atoms with Gasteiger partial charge in [0.2, 0.25) is 5.95 Å². The number of nitrogens with two attached hydrogens (primary N) is 1. The summed E-state index contributed by atoms with van der Waals surface area (Å²) in [5, 5.41) is 4.96. The van der Waals surface area contributed by atoms with Crippen molar-refractivity contribution in [1.29, 1.82) is 0 Å². The number of hydrogen-bond acceptors (Lipinski definition) is 9. The summed E-state index contributed by atoms with van der Waals surface area (Å²) in [7, 11) is -3.29. The quantitative estimate of drug-likeness (QED) is 0.311. The third kappa shape index (κ3) is 4.76. The average Bonchev–Trinajstić information content (AvgIpc) is 3.49. The normalized spacial score (nSPS) is 13.9. The largest absolute Gasteiger partial charge is 0.368 e. The summed E-state index contributed by atoms with van der Waals surface area (Å²) in [5.41, 5.74) is 7.88. The highest BCUT2D eigenvalue weighted by atomic mass is 35.5. The first-order valence-corrected chi connectivity index (χ1v) is 13.9. The van der Waals surface area contributed by atoms with E-state index in [9.17, 15) is 8.42 Å². The molecular formula is C22H20Cl2N6O2S2. The Bertz CT molecular complexity index is 1470. The molecule has 8 nitrogen and oxygen atoms in total. The average molecular weight is 535 g/mol. The predicted molar refractivity (Wildman–Crippen MR) is 139 cm³/mol. The van der Waals surface area contributed by atoms with Crippen LogP contribution in [0.5, 0.6) is 0 Å². The number of nitrogens with one attached hydrogen (secondary N) is 1. The van der Waals surface area contributed by atoms with Crippen LogP contribution in [0.3, 0.4) is 0 Å². The van der Waals surface area contributed by atoms with Crippen molar-refractivity contribution in [1.82, 2.24) is 15.0 Å². The molecule has 1 aliphatic rings. The summed E-state index contributed by atoms with van der Waals surface area (Å²) in [6.07, 6.45) is 3.46. The zero-order valence-corrected chi connectivity index (χ0v) is 21.1. The molecule has 2 aromatic carbocycles. The smallest absolute Gasteiger partial charge is 0.223 e. The number of nitrogen functional groups attached to an aromatic ring is 1. The van der Waals surface area contributed by atoms with Crippen molar-refractivity contribution in [2.24, 2.45) is 5.92 Å². The lowest BCUT2D eigenvalue weighted by atomic mass is 10.2. The van der Waals surface area contributed by atoms with Gasteiger partial charge in [0, 0.05) is 18.5 Å². The van der Waals surface area contributed by atoms with Crippen molar-refractivity contribution in [2.45, 2.75) is 17.7 Å². The Kier molecular flexibility index (Phi) is 6.01. The van der Waals surface area contributed by atoms with Crippen molar-refractivity contribution < 1.29 is 8.42 Å². The molecule has 1 fully saturated rings. The van der Waals surface area contributed by atoms with Crippen LogP contribution in [0, 0.1) is 5.92 Å². The van der Waals surface area contributed by atoms with Gasteiger partial charge in [0.05, 0.1) is 20.6 Å². The van der Waals surface area contributed by atoms with E-state index < -0.39 is 9.84 Å². The molecule has 5 rings (SSSR count). The third-order valence-corrected chi connectivity index (χ3v) is 8.10. The molecule has 12 heteroatoms. The lowest BCUT2D eigenvalue weighted by Crippen LogP contribution is -2.20. The van der Waals surface area contributed by atoms with E-state index in [4.69, 9.17) is 33.9 Å². The molecule has 0 saturated heterocycles. The topological polar surface area (TPSA) is 114 Å². The Balaban J connectivity index is 1.55. The summed E-state index contributed by atoms with van der Waals surface area (Å²) in [5.74, 6) is 1.07. The monoisotopic (exact) mass is 534 g/mol. The second kappa shape index (κ2) is 8.84. The molecule has 2 heterocycles. The summed E-state index contributed by atoms with van der Waals surface area (Å²) < 4.78 is 23.5. The first kappa shape index (κ1) is 23.1. The fourth-order valence-corrected chi connectivity index (χ4v) is 5.72. The SMILES string of the molecule is CS(=O)(=O)c1ccc(Nc2nc(N)nc3sc(N(CC4CC4)c4c(Cl)cccc4Cl)nc23)cc1. The number of para-hydroxylation sites is 1. The van der Waals surface area contributed by atoms with Gasteiger partial charge in [0.1, 0.15) is 5.52 Å². The molecule has 1 aliphatic carbocycles. The molecule has 2 aromatic heterocycles. The van der Waals surface area contributed by atoms with Crippen LogP contribution in [0.1, 0.15) is 12.8 Å². The van der Waals surface area contributed by atoms with Gasteiger partial charge >= 0.3 is 0 Å². The predicted octanol–water partition coefficient (Wildman–Crippen LogP) is 5.67. The van der Waals surface area contributed by atoms with Crippen LogP contribution in [0.4, 0.5) is 28.3 Å². The molecule has 0 aliphatic heterocycles. The number of rotatable bonds is 7. The third-order valence-electron chi connectivity index (χ3n) is 5.39. The van der Waals surface area contributed by atoms with Crippen LogP contribution in [-0.2, 0) is 9.84 Å². The zero-order valence-electron chi connectivity index (χ0n) is 18.0. The molecule has 3 N–H and O–H groups in total. The maximum absolute atomic E-state index is 11.7. The van der Waals surface area contributed by atoms with Gasteiger partial charge in [-0.1, -0.05) is 40.6 Å². The standard InChI is InChI=1S/C22H20Cl2N6O2S2/c1-34(31,32)14-9-7-13(8-10-14)26-19-17-20(29-21(25)28-19)33-22(27-17)30(11-12-5-6-12)18-15(23)3-2-4-16(18)24/h2-4,7-10,12H,5-6,11H2,1H3,(H3,25,26,28,29). The Hall–Kier alpha value is -2.66. The molecule has 176 valence electrons. The molecule has 0 spiro atoms. The Morgan fingerprint density at radius 2 is 1.76 bits per heavy atom. The molecule has 0 unspecified atom stereocenters. The van der Waals surface area contributed by atoms with E-state index >= 15 is 0 Å². The van der Waals surface area contributed by atoms with Gasteiger partial charge in [0.15, 0.2) is 25.6 Å². The lowest BCUT2D eigenvalue weighted by Gasteiger charge is -2.24. The maximum atomic E-state index is 11.7. The molecular weight excluding hydrogens is 515 g/mol. The summed E-state index contributed by atoms with van der Waals surface area (Å²) in [4.78, 5) is 16.4. The number of aromatic nitrogens is 3. The molecule has 0 radical (unpaired) electrons. The summed E-state index contributed by atoms with van der Waals surface area (Å²) in [6, 6.07) is 11.8. The second-order valence-electron chi connectivity index (χ2n) is 8.13. The number of nitrogens with zero attached hydrogens (tertiary/aromatic N) is 4. The summed E-state index contributed by atoms with van der Waals surface area (Å²) in [6.45, 7) is 0.738. The van der Waals surface area contributed by atoms with E-state index in [-0.39, 0.29) is 10.8 Å². The Morgan fingerprint density at radius 3 is 2.38 bits per heavy atom. The Morgan fingerprint density at radius 1 is 1.09 bits per heavy atom. The lowest BCUT2D eigenvalue weighted by molar-refractivity contribution is 0.602. The van der Waals surface area contributed by atoms with Crippen molar-refractivity contribution >= 4 is 83.0 Å². The highest BCUT2D eigenvalue weighted by Gasteiger charge is 2.29. The van der Waals surface area contributed by atoms with Crippen LogP contribution in [-0.4, -0.2) is 36.2 Å². The van der Waals surface area contributed by atoms with Crippen LogP contribution < -0.4 is 16.0 Å². The van der Waals surface area contributed by atoms with Crippen LogP contribution in [0.25, 0.3) is 10.3 Å². The number of sulfone groups is 1. The first-order chi connectivity index (χ1) is 16.2. The molecule has 0 bridgehead atoms. The van der Waals surface area contributed by atoms with Gasteiger partial charge in [-0.05, 0) is 55.2 Å². The fraction of sp³-hybridized carbons (Fsp3) is 0.227. The number of hydrogen-bond donors (Lipinski definition) is 2. The van der Waals surface area contributed by atoms with Gasteiger partial charge < -0.3 is 16.0 Å². The van der Waals surface area contributed by atoms with E-state index in [1.807, 2.05) is 11.0 Å². The molecule has 0 atom stereocenters. The van der Waals surface area contributed by atoms with Crippen LogP contribution in [0.15, 0.2) is 47.4 Å². The second-order valence-corrected chi connectivity index (χ2v) is 11.9. The summed E-state index contributed by atoms with van der Waals surface area (Å²) >= 11 is 14.4. The number of fused-ring (bicyclic) bond motifs is 1. The van der Waals surface area contributed by atoms with E-state index in [1.165, 1.54) is 29.7 Å². The van der Waals surface area contributed by atoms with Crippen molar-refractivity contribution in [3.8, 4) is 0 Å². The number of benzene rings is 2. The van der Waals surface area contributed by atoms with Crippen LogP contribution in [0.2, 0.25) is 10.0 Å². The van der Waals surface area contributed by atoms with E-state index in [0.717, 1.165) is 19.4 Å². The van der Waals surface area contributed by atoms with Gasteiger partial charge in [-0.3, -0.25) is 0 Å². The Labute approximate surface area is 210 Å². The maximum Gasteiger partial charge on any atom is 0.223 e. The molecule has 1 saturated carbocycles. The zero-order chi connectivity index (χ0) is 24.0. The van der Waals surface area contributed by atoms with Crippen molar-refractivity contribution in [3.63, 3.8) is 0 Å². The van der Waals surface area contributed by atoms with Gasteiger partial charge in [0.25, 0.3) is 0 Å². The number of halogens is 2. The van der Waals surface area contributed by atoms with Crippen LogP contribution >= 0.6 is 34.5 Å². The number of anilines is 5. The highest BCUT2D eigenvalue weighted by Crippen LogP contribution is 2.44. The first-order valence-electron chi connectivity index (χ1n) is 10.4. The highest BCUT2D eigenvalue weighted by molar-refractivity contribution is 7.90. The minimum atomic E-state index is -3.29. The van der Waals surface area contributed by atoms with Gasteiger partial charge in [-0.15, -0.1) is 0 Å². The van der Waals surface area contributed by atoms with Gasteiger partial charge in [-0.25, -0.2) is 18.4 Å². The molecule has 4 aromatic rings. The van der Waals surface area contributed by atoms with E-state index in [0.29, 0.717) is 48.6 Å². The number of thiazole rings is 1. The van der Waals surface area contributed by atoms with Gasteiger partial charge in [-0.2, -0.15) is 4.98 Å².